The molecule has 0 aliphatic carbocycles. The van der Waals surface area contributed by atoms with E-state index in [1.54, 1.807) is 19.1 Å². The summed E-state index contributed by atoms with van der Waals surface area (Å²) in [5, 5.41) is 9.18. The van der Waals surface area contributed by atoms with E-state index in [1.807, 2.05) is 24.1 Å². The second-order valence-corrected chi connectivity index (χ2v) is 6.61. The fourth-order valence-corrected chi connectivity index (χ4v) is 3.34. The van der Waals surface area contributed by atoms with Crippen LogP contribution in [-0.2, 0) is 11.4 Å². The van der Waals surface area contributed by atoms with E-state index in [0.717, 1.165) is 25.1 Å². The molecule has 1 aromatic carbocycles. The third kappa shape index (κ3) is 4.45. The van der Waals surface area contributed by atoms with Gasteiger partial charge in [-0.05, 0) is 50.6 Å². The normalized spacial score (nSPS) is 23.3. The zero-order valence-corrected chi connectivity index (χ0v) is 14.5. The Balaban J connectivity index is 1.98. The van der Waals surface area contributed by atoms with E-state index in [2.05, 4.69) is 18.9 Å². The summed E-state index contributed by atoms with van der Waals surface area (Å²) in [5.74, 6) is 1.07. The van der Waals surface area contributed by atoms with Crippen molar-refractivity contribution in [1.29, 1.82) is 0 Å². The number of aliphatic hydroxyl groups excluding tert-OH is 1. The second-order valence-electron chi connectivity index (χ2n) is 6.61. The molecule has 3 atom stereocenters. The molecule has 2 rings (SSSR count). The first kappa shape index (κ1) is 17.8. The van der Waals surface area contributed by atoms with E-state index in [1.165, 1.54) is 0 Å². The van der Waals surface area contributed by atoms with Gasteiger partial charge in [0.1, 0.15) is 5.75 Å². The SMILES string of the molecule is CC(Oc1cccc(CO)c1)C(=O)N(C)C1CCN(C)CC1C. The molecule has 1 aliphatic heterocycles. The van der Waals surface area contributed by atoms with Crippen LogP contribution >= 0.6 is 0 Å². The number of benzene rings is 1. The molecule has 0 spiro atoms. The van der Waals surface area contributed by atoms with Crippen molar-refractivity contribution in [2.45, 2.75) is 39.0 Å². The molecule has 1 aromatic rings. The minimum Gasteiger partial charge on any atom is -0.481 e. The fourth-order valence-electron chi connectivity index (χ4n) is 3.34. The van der Waals surface area contributed by atoms with Crippen LogP contribution < -0.4 is 4.74 Å². The number of aliphatic hydroxyl groups is 1. The average molecular weight is 320 g/mol. The molecule has 1 amide bonds. The maximum atomic E-state index is 12.7. The highest BCUT2D eigenvalue weighted by Crippen LogP contribution is 2.22. The summed E-state index contributed by atoms with van der Waals surface area (Å²) in [4.78, 5) is 16.8. The lowest BCUT2D eigenvalue weighted by Crippen LogP contribution is -2.52. The Kier molecular flexibility index (Phi) is 6.02. The quantitative estimate of drug-likeness (QED) is 0.898. The summed E-state index contributed by atoms with van der Waals surface area (Å²) >= 11 is 0. The predicted octanol–water partition coefficient (Wildman–Crippen LogP) is 1.74. The number of carbonyl (C=O) groups is 1. The number of hydrogen-bond acceptors (Lipinski definition) is 4. The van der Waals surface area contributed by atoms with Gasteiger partial charge < -0.3 is 19.6 Å². The largest absolute Gasteiger partial charge is 0.481 e. The summed E-state index contributed by atoms with van der Waals surface area (Å²) in [6, 6.07) is 7.48. The van der Waals surface area contributed by atoms with Gasteiger partial charge in [-0.25, -0.2) is 0 Å². The van der Waals surface area contributed by atoms with Crippen molar-refractivity contribution in [3.8, 4) is 5.75 Å². The summed E-state index contributed by atoms with van der Waals surface area (Å²) in [6.07, 6.45) is 0.452. The van der Waals surface area contributed by atoms with Crippen LogP contribution in [0.2, 0.25) is 0 Å². The maximum Gasteiger partial charge on any atom is 0.263 e. The van der Waals surface area contributed by atoms with Crippen molar-refractivity contribution < 1.29 is 14.6 Å². The first-order valence-electron chi connectivity index (χ1n) is 8.24. The number of carbonyl (C=O) groups excluding carboxylic acids is 1. The second kappa shape index (κ2) is 7.79. The monoisotopic (exact) mass is 320 g/mol. The molecular formula is C18H28N2O3. The average Bonchev–Trinajstić information content (AvgIpc) is 2.53. The van der Waals surface area contributed by atoms with Crippen molar-refractivity contribution in [1.82, 2.24) is 9.80 Å². The van der Waals surface area contributed by atoms with Gasteiger partial charge in [0.15, 0.2) is 6.10 Å². The molecule has 1 saturated heterocycles. The van der Waals surface area contributed by atoms with E-state index >= 15 is 0 Å². The molecule has 5 nitrogen and oxygen atoms in total. The van der Waals surface area contributed by atoms with Gasteiger partial charge >= 0.3 is 0 Å². The van der Waals surface area contributed by atoms with Crippen LogP contribution in [0.4, 0.5) is 0 Å². The Morgan fingerprint density at radius 3 is 2.91 bits per heavy atom. The topological polar surface area (TPSA) is 53.0 Å². The molecule has 1 heterocycles. The molecule has 0 aromatic heterocycles. The van der Waals surface area contributed by atoms with Crippen LogP contribution in [0.15, 0.2) is 24.3 Å². The highest BCUT2D eigenvalue weighted by Gasteiger charge is 2.32. The number of nitrogens with zero attached hydrogens (tertiary/aromatic N) is 2. The van der Waals surface area contributed by atoms with Crippen molar-refractivity contribution in [2.24, 2.45) is 5.92 Å². The summed E-state index contributed by atoms with van der Waals surface area (Å²) in [6.45, 7) is 5.97. The predicted molar refractivity (Wildman–Crippen MR) is 90.3 cm³/mol. The summed E-state index contributed by atoms with van der Waals surface area (Å²) < 4.78 is 5.77. The van der Waals surface area contributed by atoms with Gasteiger partial charge in [0, 0.05) is 19.6 Å². The summed E-state index contributed by atoms with van der Waals surface area (Å²) in [7, 11) is 3.99. The molecule has 23 heavy (non-hydrogen) atoms. The van der Waals surface area contributed by atoms with Gasteiger partial charge in [-0.1, -0.05) is 19.1 Å². The Hall–Kier alpha value is -1.59. The van der Waals surface area contributed by atoms with Crippen LogP contribution in [0.25, 0.3) is 0 Å². The molecule has 3 unspecified atom stereocenters. The minimum absolute atomic E-state index is 0.000745. The maximum absolute atomic E-state index is 12.7. The number of rotatable bonds is 5. The van der Waals surface area contributed by atoms with E-state index in [9.17, 15) is 9.90 Å². The summed E-state index contributed by atoms with van der Waals surface area (Å²) in [5.41, 5.74) is 0.777. The van der Waals surface area contributed by atoms with Gasteiger partial charge in [0.2, 0.25) is 0 Å². The Morgan fingerprint density at radius 2 is 2.26 bits per heavy atom. The van der Waals surface area contributed by atoms with E-state index in [-0.39, 0.29) is 18.6 Å². The Bertz CT molecular complexity index is 535. The van der Waals surface area contributed by atoms with Crippen LogP contribution in [-0.4, -0.2) is 60.1 Å². The molecule has 0 bridgehead atoms. The number of hydrogen-bond donors (Lipinski definition) is 1. The third-order valence-corrected chi connectivity index (χ3v) is 4.65. The number of piperidine rings is 1. The molecule has 1 aliphatic rings. The fraction of sp³-hybridized carbons (Fsp3) is 0.611. The molecule has 0 saturated carbocycles. The Morgan fingerprint density at radius 1 is 1.52 bits per heavy atom. The first-order valence-corrected chi connectivity index (χ1v) is 8.24. The van der Waals surface area contributed by atoms with Crippen LogP contribution in [0, 0.1) is 5.92 Å². The van der Waals surface area contributed by atoms with Crippen LogP contribution in [0.3, 0.4) is 0 Å². The Labute approximate surface area is 138 Å². The van der Waals surface area contributed by atoms with Crippen molar-refractivity contribution >= 4 is 5.91 Å². The van der Waals surface area contributed by atoms with Crippen LogP contribution in [0.5, 0.6) is 5.75 Å². The number of likely N-dealkylation sites (N-methyl/N-ethyl adjacent to an activating group) is 1. The van der Waals surface area contributed by atoms with Crippen molar-refractivity contribution in [3.63, 3.8) is 0 Å². The zero-order chi connectivity index (χ0) is 17.0. The molecule has 1 fully saturated rings. The number of amides is 1. The van der Waals surface area contributed by atoms with Crippen molar-refractivity contribution in [2.75, 3.05) is 27.2 Å². The molecular weight excluding hydrogens is 292 g/mol. The van der Waals surface area contributed by atoms with Crippen molar-refractivity contribution in [3.05, 3.63) is 29.8 Å². The molecule has 0 radical (unpaired) electrons. The van der Waals surface area contributed by atoms with Gasteiger partial charge in [-0.2, -0.15) is 0 Å². The third-order valence-electron chi connectivity index (χ3n) is 4.65. The number of ether oxygens (including phenoxy) is 1. The number of likely N-dealkylation sites (tertiary alicyclic amines) is 1. The van der Waals surface area contributed by atoms with Gasteiger partial charge in [0.25, 0.3) is 5.91 Å². The van der Waals surface area contributed by atoms with Gasteiger partial charge in [-0.15, -0.1) is 0 Å². The van der Waals surface area contributed by atoms with E-state index in [4.69, 9.17) is 4.74 Å². The smallest absolute Gasteiger partial charge is 0.263 e. The highest BCUT2D eigenvalue weighted by molar-refractivity contribution is 5.81. The van der Waals surface area contributed by atoms with E-state index < -0.39 is 6.10 Å². The molecule has 1 N–H and O–H groups in total. The highest BCUT2D eigenvalue weighted by atomic mass is 16.5. The lowest BCUT2D eigenvalue weighted by molar-refractivity contribution is -0.140. The standard InChI is InChI=1S/C18H28N2O3/c1-13-11-19(3)9-8-17(13)20(4)18(22)14(2)23-16-7-5-6-15(10-16)12-21/h5-7,10,13-14,17,21H,8-9,11-12H2,1-4H3. The molecule has 128 valence electrons. The molecule has 5 heteroatoms. The van der Waals surface area contributed by atoms with Gasteiger partial charge in [-0.3, -0.25) is 4.79 Å². The first-order chi connectivity index (χ1) is 10.9. The van der Waals surface area contributed by atoms with Gasteiger partial charge in [0.05, 0.1) is 6.61 Å². The minimum atomic E-state index is -0.541. The van der Waals surface area contributed by atoms with E-state index in [0.29, 0.717) is 11.7 Å². The lowest BCUT2D eigenvalue weighted by Gasteiger charge is -2.40. The zero-order valence-electron chi connectivity index (χ0n) is 14.5. The lowest BCUT2D eigenvalue weighted by atomic mass is 9.93. The van der Waals surface area contributed by atoms with Crippen LogP contribution in [0.1, 0.15) is 25.8 Å².